The molecule has 1 aliphatic rings. The molecule has 1 N–H and O–H groups in total. The van der Waals surface area contributed by atoms with Crippen molar-refractivity contribution in [1.29, 1.82) is 0 Å². The Morgan fingerprint density at radius 2 is 2.29 bits per heavy atom. The van der Waals surface area contributed by atoms with Crippen LogP contribution in [-0.2, 0) is 0 Å². The molecule has 0 radical (unpaired) electrons. The van der Waals surface area contributed by atoms with E-state index in [0.717, 1.165) is 25.1 Å². The highest BCUT2D eigenvalue weighted by Crippen LogP contribution is 2.33. The van der Waals surface area contributed by atoms with Gasteiger partial charge < -0.3 is 5.32 Å². The predicted octanol–water partition coefficient (Wildman–Crippen LogP) is 2.97. The number of hydrogen-bond acceptors (Lipinski definition) is 1. The van der Waals surface area contributed by atoms with Crippen LogP contribution in [0.3, 0.4) is 0 Å². The van der Waals surface area contributed by atoms with E-state index in [4.69, 9.17) is 0 Å². The van der Waals surface area contributed by atoms with E-state index < -0.39 is 0 Å². The third-order valence-corrected chi connectivity index (χ3v) is 3.63. The Hall–Kier alpha value is -0.410. The fourth-order valence-corrected chi connectivity index (χ4v) is 2.83. The molecule has 1 aliphatic heterocycles. The van der Waals surface area contributed by atoms with Gasteiger partial charge in [-0.3, -0.25) is 0 Å². The molecule has 1 saturated heterocycles. The van der Waals surface area contributed by atoms with E-state index in [0.29, 0.717) is 10.4 Å². The largest absolute Gasteiger partial charge is 0.316 e. The smallest absolute Gasteiger partial charge is 0.137 e. The van der Waals surface area contributed by atoms with Crippen LogP contribution in [0.1, 0.15) is 23.5 Å². The number of aryl methyl sites for hydroxylation is 1. The van der Waals surface area contributed by atoms with Gasteiger partial charge in [-0.25, -0.2) is 4.39 Å². The highest BCUT2D eigenvalue weighted by Gasteiger charge is 2.22. The van der Waals surface area contributed by atoms with Crippen molar-refractivity contribution in [3.8, 4) is 0 Å². The summed E-state index contributed by atoms with van der Waals surface area (Å²) in [6.45, 7) is 4.04. The van der Waals surface area contributed by atoms with E-state index in [1.165, 1.54) is 11.6 Å². The molecule has 0 spiro atoms. The van der Waals surface area contributed by atoms with E-state index in [-0.39, 0.29) is 5.82 Å². The first-order valence-electron chi connectivity index (χ1n) is 4.85. The minimum atomic E-state index is -0.155. The normalized spacial score (nSPS) is 21.5. The van der Waals surface area contributed by atoms with Crippen LogP contribution in [0.4, 0.5) is 4.39 Å². The van der Waals surface area contributed by atoms with Gasteiger partial charge in [-0.2, -0.15) is 0 Å². The van der Waals surface area contributed by atoms with Gasteiger partial charge >= 0.3 is 0 Å². The van der Waals surface area contributed by atoms with Crippen LogP contribution in [-0.4, -0.2) is 13.1 Å². The summed E-state index contributed by atoms with van der Waals surface area (Å²) in [6, 6.07) is 3.37. The van der Waals surface area contributed by atoms with Crippen LogP contribution in [0.2, 0.25) is 0 Å². The van der Waals surface area contributed by atoms with Crippen molar-refractivity contribution in [2.75, 3.05) is 13.1 Å². The Morgan fingerprint density at radius 3 is 2.93 bits per heavy atom. The first-order chi connectivity index (χ1) is 6.70. The predicted molar refractivity (Wildman–Crippen MR) is 59.1 cm³/mol. The van der Waals surface area contributed by atoms with Gasteiger partial charge in [-0.15, -0.1) is 0 Å². The second-order valence-electron chi connectivity index (χ2n) is 3.78. The molecule has 0 bridgehead atoms. The maximum absolute atomic E-state index is 13.3. The molecule has 1 aromatic rings. The minimum Gasteiger partial charge on any atom is -0.316 e. The first kappa shape index (κ1) is 10.1. The van der Waals surface area contributed by atoms with Crippen LogP contribution < -0.4 is 5.32 Å². The van der Waals surface area contributed by atoms with E-state index in [1.807, 2.05) is 13.0 Å². The van der Waals surface area contributed by atoms with Crippen molar-refractivity contribution in [3.05, 3.63) is 33.5 Å². The van der Waals surface area contributed by atoms with Crippen LogP contribution in [0.5, 0.6) is 0 Å². The van der Waals surface area contributed by atoms with Crippen LogP contribution in [0, 0.1) is 12.7 Å². The molecule has 1 atom stereocenters. The van der Waals surface area contributed by atoms with Crippen LogP contribution in [0.15, 0.2) is 16.6 Å². The number of nitrogens with one attached hydrogen (secondary N) is 1. The monoisotopic (exact) mass is 257 g/mol. The fourth-order valence-electron chi connectivity index (χ4n) is 2.07. The summed E-state index contributed by atoms with van der Waals surface area (Å²) in [6.07, 6.45) is 1.10. The third kappa shape index (κ3) is 1.71. The minimum absolute atomic E-state index is 0.155. The molecular weight excluding hydrogens is 245 g/mol. The zero-order valence-corrected chi connectivity index (χ0v) is 9.70. The maximum Gasteiger partial charge on any atom is 0.137 e. The van der Waals surface area contributed by atoms with Crippen molar-refractivity contribution < 1.29 is 4.39 Å². The molecule has 1 heterocycles. The molecule has 3 heteroatoms. The number of rotatable bonds is 1. The molecule has 2 rings (SSSR count). The van der Waals surface area contributed by atoms with Gasteiger partial charge in [0.2, 0.25) is 0 Å². The second kappa shape index (κ2) is 3.99. The highest BCUT2D eigenvalue weighted by molar-refractivity contribution is 9.10. The summed E-state index contributed by atoms with van der Waals surface area (Å²) in [5, 5.41) is 3.30. The Balaban J connectivity index is 2.44. The van der Waals surface area contributed by atoms with Crippen molar-refractivity contribution in [1.82, 2.24) is 5.32 Å². The molecule has 1 unspecified atom stereocenters. The SMILES string of the molecule is Cc1ccc(F)c(Br)c1C1CCNC1. The molecule has 1 fully saturated rings. The molecule has 0 aliphatic carbocycles. The number of benzene rings is 1. The number of halogens is 2. The molecule has 1 aromatic carbocycles. The summed E-state index contributed by atoms with van der Waals surface area (Å²) in [4.78, 5) is 0. The van der Waals surface area contributed by atoms with Gasteiger partial charge in [0.15, 0.2) is 0 Å². The second-order valence-corrected chi connectivity index (χ2v) is 4.57. The summed E-state index contributed by atoms with van der Waals surface area (Å²) in [5.74, 6) is 0.303. The molecule has 1 nitrogen and oxygen atoms in total. The summed E-state index contributed by atoms with van der Waals surface area (Å²) in [7, 11) is 0. The van der Waals surface area contributed by atoms with Crippen LogP contribution >= 0.6 is 15.9 Å². The molecular formula is C11H13BrFN. The average Bonchev–Trinajstić information content (AvgIpc) is 2.65. The maximum atomic E-state index is 13.3. The topological polar surface area (TPSA) is 12.0 Å². The molecule has 0 amide bonds. The average molecular weight is 258 g/mol. The molecule has 0 aromatic heterocycles. The lowest BCUT2D eigenvalue weighted by Crippen LogP contribution is -2.09. The Morgan fingerprint density at radius 1 is 1.50 bits per heavy atom. The van der Waals surface area contributed by atoms with E-state index in [2.05, 4.69) is 21.2 Å². The standard InChI is InChI=1S/C11H13BrFN/c1-7-2-3-9(13)11(12)10(7)8-4-5-14-6-8/h2-3,8,14H,4-6H2,1H3. The lowest BCUT2D eigenvalue weighted by atomic mass is 9.94. The first-order valence-corrected chi connectivity index (χ1v) is 5.64. The Labute approximate surface area is 91.8 Å². The van der Waals surface area contributed by atoms with E-state index >= 15 is 0 Å². The Kier molecular flexibility index (Phi) is 2.88. The molecule has 14 heavy (non-hydrogen) atoms. The summed E-state index contributed by atoms with van der Waals surface area (Å²) < 4.78 is 14.0. The lowest BCUT2D eigenvalue weighted by molar-refractivity contribution is 0.611. The van der Waals surface area contributed by atoms with Gasteiger partial charge in [0, 0.05) is 6.54 Å². The van der Waals surface area contributed by atoms with Gasteiger partial charge in [-0.1, -0.05) is 6.07 Å². The third-order valence-electron chi connectivity index (χ3n) is 2.82. The molecule has 0 saturated carbocycles. The lowest BCUT2D eigenvalue weighted by Gasteiger charge is -2.14. The van der Waals surface area contributed by atoms with Gasteiger partial charge in [0.05, 0.1) is 4.47 Å². The zero-order valence-electron chi connectivity index (χ0n) is 8.11. The van der Waals surface area contributed by atoms with Gasteiger partial charge in [-0.05, 0) is 58.9 Å². The van der Waals surface area contributed by atoms with E-state index in [9.17, 15) is 4.39 Å². The van der Waals surface area contributed by atoms with Crippen molar-refractivity contribution in [2.45, 2.75) is 19.3 Å². The van der Waals surface area contributed by atoms with Crippen molar-refractivity contribution in [2.24, 2.45) is 0 Å². The van der Waals surface area contributed by atoms with E-state index in [1.54, 1.807) is 0 Å². The highest BCUT2D eigenvalue weighted by atomic mass is 79.9. The fraction of sp³-hybridized carbons (Fsp3) is 0.455. The number of hydrogen-bond donors (Lipinski definition) is 1. The Bertz CT molecular complexity index is 345. The summed E-state index contributed by atoms with van der Waals surface area (Å²) >= 11 is 3.34. The summed E-state index contributed by atoms with van der Waals surface area (Å²) in [5.41, 5.74) is 2.31. The van der Waals surface area contributed by atoms with Gasteiger partial charge in [0.25, 0.3) is 0 Å². The van der Waals surface area contributed by atoms with Gasteiger partial charge in [0.1, 0.15) is 5.82 Å². The van der Waals surface area contributed by atoms with Crippen LogP contribution in [0.25, 0.3) is 0 Å². The van der Waals surface area contributed by atoms with Crippen molar-refractivity contribution in [3.63, 3.8) is 0 Å². The molecule has 76 valence electrons. The zero-order chi connectivity index (χ0) is 10.1. The quantitative estimate of drug-likeness (QED) is 0.816. The van der Waals surface area contributed by atoms with Crippen molar-refractivity contribution >= 4 is 15.9 Å².